The third-order valence-electron chi connectivity index (χ3n) is 4.39. The summed E-state index contributed by atoms with van der Waals surface area (Å²) < 4.78 is 5.47. The molecule has 142 valence electrons. The average Bonchev–Trinajstić information content (AvgIpc) is 2.84. The van der Waals surface area contributed by atoms with Crippen molar-refractivity contribution in [3.63, 3.8) is 0 Å². The summed E-state index contributed by atoms with van der Waals surface area (Å²) >= 11 is 0. The number of hydrogen-bond acceptors (Lipinski definition) is 6. The van der Waals surface area contributed by atoms with E-state index < -0.39 is 5.60 Å². The first-order valence-corrected chi connectivity index (χ1v) is 9.32. The third kappa shape index (κ3) is 4.63. The lowest BCUT2D eigenvalue weighted by atomic mass is 10.0. The van der Waals surface area contributed by atoms with Gasteiger partial charge in [-0.1, -0.05) is 13.8 Å². The van der Waals surface area contributed by atoms with E-state index in [0.717, 1.165) is 37.1 Å². The van der Waals surface area contributed by atoms with Gasteiger partial charge in [-0.2, -0.15) is 10.4 Å². The zero-order chi connectivity index (χ0) is 19.3. The number of aromatic nitrogens is 2. The molecule has 26 heavy (non-hydrogen) atoms. The predicted octanol–water partition coefficient (Wildman–Crippen LogP) is 2.92. The highest BCUT2D eigenvalue weighted by atomic mass is 16.6. The van der Waals surface area contributed by atoms with Crippen LogP contribution in [-0.4, -0.2) is 53.0 Å². The molecular formula is C19H29N5O2. The van der Waals surface area contributed by atoms with Crippen molar-refractivity contribution < 1.29 is 9.53 Å². The third-order valence-corrected chi connectivity index (χ3v) is 4.39. The Morgan fingerprint density at radius 1 is 1.15 bits per heavy atom. The van der Waals surface area contributed by atoms with Crippen LogP contribution in [0.3, 0.4) is 0 Å². The number of hydrogen-bond donors (Lipinski definition) is 0. The highest BCUT2D eigenvalue weighted by molar-refractivity contribution is 5.68. The molecule has 2 rings (SSSR count). The average molecular weight is 359 g/mol. The summed E-state index contributed by atoms with van der Waals surface area (Å²) in [5.74, 6) is 0.632. The summed E-state index contributed by atoms with van der Waals surface area (Å²) in [5, 5.41) is 18.4. The van der Waals surface area contributed by atoms with Crippen LogP contribution < -0.4 is 4.90 Å². The molecule has 0 bridgehead atoms. The van der Waals surface area contributed by atoms with E-state index in [0.29, 0.717) is 31.0 Å². The van der Waals surface area contributed by atoms with Crippen molar-refractivity contribution in [2.24, 2.45) is 0 Å². The van der Waals surface area contributed by atoms with Gasteiger partial charge in [-0.25, -0.2) is 4.79 Å². The molecule has 7 heteroatoms. The Kier molecular flexibility index (Phi) is 6.41. The van der Waals surface area contributed by atoms with Gasteiger partial charge in [0.25, 0.3) is 0 Å². The number of aryl methyl sites for hydroxylation is 1. The van der Waals surface area contributed by atoms with Crippen molar-refractivity contribution >= 4 is 11.9 Å². The van der Waals surface area contributed by atoms with Crippen molar-refractivity contribution in [3.8, 4) is 6.07 Å². The second-order valence-electron chi connectivity index (χ2n) is 7.45. The normalized spacial score (nSPS) is 15.4. The molecule has 0 spiro atoms. The minimum Gasteiger partial charge on any atom is -0.444 e. The first kappa shape index (κ1) is 20.0. The van der Waals surface area contributed by atoms with Crippen molar-refractivity contribution in [2.45, 2.75) is 59.5 Å². The highest BCUT2D eigenvalue weighted by Gasteiger charge is 2.26. The zero-order valence-electron chi connectivity index (χ0n) is 16.5. The van der Waals surface area contributed by atoms with Crippen molar-refractivity contribution in [1.82, 2.24) is 15.1 Å². The topological polar surface area (TPSA) is 82.3 Å². The molecule has 1 aliphatic rings. The Hall–Kier alpha value is -2.36. The van der Waals surface area contributed by atoms with E-state index >= 15 is 0 Å². The van der Waals surface area contributed by atoms with Crippen LogP contribution in [0.15, 0.2) is 0 Å². The van der Waals surface area contributed by atoms with Crippen LogP contribution in [0.2, 0.25) is 0 Å². The molecule has 1 fully saturated rings. The number of ether oxygens (including phenoxy) is 1. The van der Waals surface area contributed by atoms with Gasteiger partial charge in [-0.15, -0.1) is 5.10 Å². The number of nitriles is 1. The van der Waals surface area contributed by atoms with Crippen LogP contribution in [0.5, 0.6) is 0 Å². The molecule has 1 amide bonds. The van der Waals surface area contributed by atoms with Crippen LogP contribution >= 0.6 is 0 Å². The second kappa shape index (κ2) is 8.35. The smallest absolute Gasteiger partial charge is 0.410 e. The Balaban J connectivity index is 2.19. The van der Waals surface area contributed by atoms with Crippen LogP contribution in [0.1, 0.15) is 57.9 Å². The van der Waals surface area contributed by atoms with Gasteiger partial charge >= 0.3 is 6.09 Å². The lowest BCUT2D eigenvalue weighted by Crippen LogP contribution is -2.39. The van der Waals surface area contributed by atoms with E-state index in [1.807, 2.05) is 34.6 Å². The van der Waals surface area contributed by atoms with Crippen LogP contribution in [-0.2, 0) is 17.6 Å². The number of carbonyl (C=O) groups is 1. The fourth-order valence-corrected chi connectivity index (χ4v) is 3.14. The van der Waals surface area contributed by atoms with Gasteiger partial charge in [0.2, 0.25) is 0 Å². The molecule has 1 aliphatic heterocycles. The lowest BCUT2D eigenvalue weighted by Gasteiger charge is -2.27. The van der Waals surface area contributed by atoms with Crippen LogP contribution in [0.25, 0.3) is 0 Å². The van der Waals surface area contributed by atoms with Crippen molar-refractivity contribution in [3.05, 3.63) is 16.8 Å². The molecule has 0 saturated carbocycles. The van der Waals surface area contributed by atoms with Crippen LogP contribution in [0.4, 0.5) is 10.6 Å². The molecule has 2 heterocycles. The molecular weight excluding hydrogens is 330 g/mol. The molecule has 0 aromatic carbocycles. The number of carbonyl (C=O) groups excluding carboxylic acids is 1. The first-order chi connectivity index (χ1) is 12.3. The maximum atomic E-state index is 12.3. The van der Waals surface area contributed by atoms with E-state index in [1.165, 1.54) is 0 Å². The Morgan fingerprint density at radius 3 is 2.46 bits per heavy atom. The van der Waals surface area contributed by atoms with E-state index in [-0.39, 0.29) is 6.09 Å². The Labute approximate surface area is 155 Å². The maximum absolute atomic E-state index is 12.3. The maximum Gasteiger partial charge on any atom is 0.410 e. The van der Waals surface area contributed by atoms with Gasteiger partial charge < -0.3 is 14.5 Å². The summed E-state index contributed by atoms with van der Waals surface area (Å²) in [6, 6.07) is 2.32. The van der Waals surface area contributed by atoms with E-state index in [4.69, 9.17) is 4.74 Å². The molecule has 0 unspecified atom stereocenters. The highest BCUT2D eigenvalue weighted by Crippen LogP contribution is 2.24. The molecule has 0 radical (unpaired) electrons. The standard InChI is InChI=1S/C19H29N5O2/c1-6-14-15(13-20)17(22-21-16(14)7-2)23-9-8-10-24(12-11-23)18(25)26-19(3,4)5/h6-12H2,1-5H3. The Bertz CT molecular complexity index is 690. The van der Waals surface area contributed by atoms with Gasteiger partial charge in [0.1, 0.15) is 17.2 Å². The molecule has 1 aromatic heterocycles. The van der Waals surface area contributed by atoms with E-state index in [9.17, 15) is 10.1 Å². The molecule has 7 nitrogen and oxygen atoms in total. The lowest BCUT2D eigenvalue weighted by molar-refractivity contribution is 0.0263. The number of nitrogens with zero attached hydrogens (tertiary/aromatic N) is 5. The molecule has 0 atom stereocenters. The van der Waals surface area contributed by atoms with Crippen LogP contribution in [0, 0.1) is 11.3 Å². The largest absolute Gasteiger partial charge is 0.444 e. The predicted molar refractivity (Wildman–Crippen MR) is 100 cm³/mol. The summed E-state index contributed by atoms with van der Waals surface area (Å²) in [6.45, 7) is 12.2. The molecule has 1 aromatic rings. The zero-order valence-corrected chi connectivity index (χ0v) is 16.5. The van der Waals surface area contributed by atoms with Crippen molar-refractivity contribution in [1.29, 1.82) is 5.26 Å². The van der Waals surface area contributed by atoms with Crippen molar-refractivity contribution in [2.75, 3.05) is 31.1 Å². The summed E-state index contributed by atoms with van der Waals surface area (Å²) in [6.07, 6.45) is 2.02. The van der Waals surface area contributed by atoms with Gasteiger partial charge in [-0.05, 0) is 45.6 Å². The molecule has 0 N–H and O–H groups in total. The monoisotopic (exact) mass is 359 g/mol. The van der Waals surface area contributed by atoms with E-state index in [2.05, 4.69) is 21.2 Å². The minimum absolute atomic E-state index is 0.290. The number of amides is 1. The number of anilines is 1. The fourth-order valence-electron chi connectivity index (χ4n) is 3.14. The SMILES string of the molecule is CCc1nnc(N2CCCN(C(=O)OC(C)(C)C)CC2)c(C#N)c1CC. The summed E-state index contributed by atoms with van der Waals surface area (Å²) in [4.78, 5) is 16.1. The van der Waals surface area contributed by atoms with Gasteiger partial charge in [0.15, 0.2) is 5.82 Å². The summed E-state index contributed by atoms with van der Waals surface area (Å²) in [5.41, 5.74) is 1.98. The Morgan fingerprint density at radius 2 is 1.88 bits per heavy atom. The summed E-state index contributed by atoms with van der Waals surface area (Å²) in [7, 11) is 0. The molecule has 1 saturated heterocycles. The minimum atomic E-state index is -0.505. The first-order valence-electron chi connectivity index (χ1n) is 9.32. The fraction of sp³-hybridized carbons (Fsp3) is 0.684. The van der Waals surface area contributed by atoms with Gasteiger partial charge in [0.05, 0.1) is 5.69 Å². The van der Waals surface area contributed by atoms with E-state index in [1.54, 1.807) is 4.90 Å². The molecule has 0 aliphatic carbocycles. The van der Waals surface area contributed by atoms with Gasteiger partial charge in [-0.3, -0.25) is 0 Å². The second-order valence-corrected chi connectivity index (χ2v) is 7.45. The van der Waals surface area contributed by atoms with Gasteiger partial charge in [0, 0.05) is 26.2 Å². The number of rotatable bonds is 3. The quantitative estimate of drug-likeness (QED) is 0.825.